The Morgan fingerprint density at radius 2 is 1.85 bits per heavy atom. The summed E-state index contributed by atoms with van der Waals surface area (Å²) in [5, 5.41) is 8.98. The van der Waals surface area contributed by atoms with Gasteiger partial charge in [-0.3, -0.25) is 0 Å². The van der Waals surface area contributed by atoms with E-state index < -0.39 is 11.7 Å². The van der Waals surface area contributed by atoms with E-state index in [0.29, 0.717) is 22.5 Å². The lowest BCUT2D eigenvalue weighted by molar-refractivity contribution is -0.137. The zero-order valence-electron chi connectivity index (χ0n) is 10.6. The predicted octanol–water partition coefficient (Wildman–Crippen LogP) is 4.45. The predicted molar refractivity (Wildman–Crippen MR) is 73.3 cm³/mol. The van der Waals surface area contributed by atoms with E-state index >= 15 is 0 Å². The molecule has 1 heterocycles. The number of hydrogen-bond donors (Lipinski definition) is 1. The van der Waals surface area contributed by atoms with E-state index in [9.17, 15) is 13.2 Å². The lowest BCUT2D eigenvalue weighted by Gasteiger charge is -2.08. The van der Waals surface area contributed by atoms with Crippen LogP contribution in [-0.2, 0) is 12.6 Å². The molecule has 0 atom stereocenters. The second-order valence-electron chi connectivity index (χ2n) is 4.19. The van der Waals surface area contributed by atoms with Crippen LogP contribution >= 0.6 is 11.3 Å². The lowest BCUT2D eigenvalue weighted by Crippen LogP contribution is -2.04. The summed E-state index contributed by atoms with van der Waals surface area (Å²) in [5.74, 6) is 0. The molecule has 104 valence electrons. The third-order valence-electron chi connectivity index (χ3n) is 2.98. The minimum absolute atomic E-state index is 0.400. The quantitative estimate of drug-likeness (QED) is 0.890. The number of alkyl halides is 3. The number of hydrogen-bond acceptors (Lipinski definition) is 3. The van der Waals surface area contributed by atoms with E-state index in [1.807, 2.05) is 13.0 Å². The van der Waals surface area contributed by atoms with Crippen molar-refractivity contribution in [2.24, 2.45) is 0 Å². The molecule has 0 radical (unpaired) electrons. The van der Waals surface area contributed by atoms with Gasteiger partial charge in [0, 0.05) is 4.88 Å². The Morgan fingerprint density at radius 1 is 1.25 bits per heavy atom. The van der Waals surface area contributed by atoms with Crippen LogP contribution in [0.5, 0.6) is 0 Å². The first-order valence-corrected chi connectivity index (χ1v) is 6.69. The molecule has 0 amide bonds. The Balaban J connectivity index is 2.50. The molecule has 6 heteroatoms. The maximum Gasteiger partial charge on any atom is 0.416 e. The van der Waals surface area contributed by atoms with E-state index in [0.717, 1.165) is 22.6 Å². The van der Waals surface area contributed by atoms with Crippen LogP contribution in [0.1, 0.15) is 22.9 Å². The standard InChI is InChI=1S/C14H11F3N2S/c1-2-10-12(19)11(7-18)20-13(10)8-3-5-9(6-4-8)14(15,16)17/h3-6H,2,19H2,1H3. The number of benzene rings is 1. The lowest BCUT2D eigenvalue weighted by atomic mass is 10.0. The van der Waals surface area contributed by atoms with Gasteiger partial charge in [-0.25, -0.2) is 0 Å². The van der Waals surface area contributed by atoms with Gasteiger partial charge in [0.25, 0.3) is 0 Å². The second-order valence-corrected chi connectivity index (χ2v) is 5.21. The first-order chi connectivity index (χ1) is 9.38. The zero-order valence-corrected chi connectivity index (χ0v) is 11.4. The third-order valence-corrected chi connectivity index (χ3v) is 4.18. The smallest absolute Gasteiger partial charge is 0.397 e. The van der Waals surface area contributed by atoms with Crippen molar-refractivity contribution < 1.29 is 13.2 Å². The van der Waals surface area contributed by atoms with Crippen molar-refractivity contribution in [2.75, 3.05) is 5.73 Å². The highest BCUT2D eigenvalue weighted by atomic mass is 32.1. The second kappa shape index (κ2) is 5.17. The van der Waals surface area contributed by atoms with E-state index in [1.165, 1.54) is 23.5 Å². The molecule has 0 saturated carbocycles. The van der Waals surface area contributed by atoms with Gasteiger partial charge in [0.2, 0.25) is 0 Å². The van der Waals surface area contributed by atoms with E-state index in [1.54, 1.807) is 0 Å². The number of nitrogens with zero attached hydrogens (tertiary/aromatic N) is 1. The van der Waals surface area contributed by atoms with Crippen molar-refractivity contribution in [3.63, 3.8) is 0 Å². The molecule has 0 aliphatic heterocycles. The number of rotatable bonds is 2. The summed E-state index contributed by atoms with van der Waals surface area (Å²) in [4.78, 5) is 1.16. The molecule has 0 bridgehead atoms. The van der Waals surface area contributed by atoms with Gasteiger partial charge in [-0.1, -0.05) is 19.1 Å². The fourth-order valence-corrected chi connectivity index (χ4v) is 3.07. The maximum atomic E-state index is 12.5. The molecule has 2 N–H and O–H groups in total. The Bertz CT molecular complexity index is 663. The normalized spacial score (nSPS) is 11.3. The average Bonchev–Trinajstić information content (AvgIpc) is 2.74. The Labute approximate surface area is 118 Å². The van der Waals surface area contributed by atoms with Crippen LogP contribution < -0.4 is 5.73 Å². The largest absolute Gasteiger partial charge is 0.416 e. The van der Waals surface area contributed by atoms with Gasteiger partial charge in [-0.05, 0) is 29.7 Å². The molecule has 0 saturated heterocycles. The molecule has 0 fully saturated rings. The Hall–Kier alpha value is -2.00. The molecular formula is C14H11F3N2S. The first kappa shape index (κ1) is 14.4. The van der Waals surface area contributed by atoms with Crippen molar-refractivity contribution in [3.8, 4) is 16.5 Å². The monoisotopic (exact) mass is 296 g/mol. The first-order valence-electron chi connectivity index (χ1n) is 5.87. The number of nitrogen functional groups attached to an aromatic ring is 1. The van der Waals surface area contributed by atoms with Crippen LogP contribution in [0.15, 0.2) is 24.3 Å². The zero-order chi connectivity index (χ0) is 14.9. The van der Waals surface area contributed by atoms with Crippen molar-refractivity contribution in [1.82, 2.24) is 0 Å². The average molecular weight is 296 g/mol. The molecular weight excluding hydrogens is 285 g/mol. The SMILES string of the molecule is CCc1c(-c2ccc(C(F)(F)F)cc2)sc(C#N)c1N. The van der Waals surface area contributed by atoms with Crippen LogP contribution in [0.2, 0.25) is 0 Å². The summed E-state index contributed by atoms with van der Waals surface area (Å²) in [6.45, 7) is 1.90. The fourth-order valence-electron chi connectivity index (χ4n) is 1.96. The van der Waals surface area contributed by atoms with Gasteiger partial charge in [-0.15, -0.1) is 11.3 Å². The summed E-state index contributed by atoms with van der Waals surface area (Å²) < 4.78 is 37.6. The van der Waals surface area contributed by atoms with Crippen LogP contribution in [0.3, 0.4) is 0 Å². The summed E-state index contributed by atoms with van der Waals surface area (Å²) in [7, 11) is 0. The van der Waals surface area contributed by atoms with Gasteiger partial charge in [0.15, 0.2) is 0 Å². The van der Waals surface area contributed by atoms with Crippen LogP contribution in [0, 0.1) is 11.3 Å². The molecule has 0 aliphatic rings. The van der Waals surface area contributed by atoms with Crippen LogP contribution in [0.4, 0.5) is 18.9 Å². The molecule has 2 rings (SSSR count). The van der Waals surface area contributed by atoms with Gasteiger partial charge < -0.3 is 5.73 Å². The summed E-state index contributed by atoms with van der Waals surface area (Å²) in [6.07, 6.45) is -3.72. The third kappa shape index (κ3) is 2.49. The van der Waals surface area contributed by atoms with E-state index in [-0.39, 0.29) is 0 Å². The summed E-state index contributed by atoms with van der Waals surface area (Å²) in [6, 6.07) is 6.91. The molecule has 1 aromatic carbocycles. The molecule has 20 heavy (non-hydrogen) atoms. The van der Waals surface area contributed by atoms with Crippen molar-refractivity contribution in [3.05, 3.63) is 40.3 Å². The number of nitrogens with two attached hydrogens (primary N) is 1. The fraction of sp³-hybridized carbons (Fsp3) is 0.214. The van der Waals surface area contributed by atoms with Crippen LogP contribution in [-0.4, -0.2) is 0 Å². The number of halogens is 3. The van der Waals surface area contributed by atoms with Gasteiger partial charge in [0.1, 0.15) is 10.9 Å². The highest BCUT2D eigenvalue weighted by Gasteiger charge is 2.30. The molecule has 2 nitrogen and oxygen atoms in total. The van der Waals surface area contributed by atoms with Gasteiger partial charge >= 0.3 is 6.18 Å². The molecule has 0 spiro atoms. The minimum Gasteiger partial charge on any atom is -0.397 e. The number of thiophene rings is 1. The van der Waals surface area contributed by atoms with Crippen molar-refractivity contribution >= 4 is 17.0 Å². The topological polar surface area (TPSA) is 49.8 Å². The number of anilines is 1. The van der Waals surface area contributed by atoms with E-state index in [2.05, 4.69) is 0 Å². The summed E-state index contributed by atoms with van der Waals surface area (Å²) >= 11 is 1.21. The molecule has 2 aromatic rings. The van der Waals surface area contributed by atoms with Crippen LogP contribution in [0.25, 0.3) is 10.4 Å². The summed E-state index contributed by atoms with van der Waals surface area (Å²) in [5.41, 5.74) is 7.06. The number of nitriles is 1. The molecule has 1 aromatic heterocycles. The van der Waals surface area contributed by atoms with Crippen molar-refractivity contribution in [1.29, 1.82) is 5.26 Å². The van der Waals surface area contributed by atoms with Gasteiger partial charge in [-0.2, -0.15) is 18.4 Å². The Kier molecular flexibility index (Phi) is 3.73. The van der Waals surface area contributed by atoms with Crippen molar-refractivity contribution in [2.45, 2.75) is 19.5 Å². The highest BCUT2D eigenvalue weighted by molar-refractivity contribution is 7.16. The molecule has 0 unspecified atom stereocenters. The Morgan fingerprint density at radius 3 is 2.30 bits per heavy atom. The van der Waals surface area contributed by atoms with Gasteiger partial charge in [0.05, 0.1) is 11.3 Å². The molecule has 0 aliphatic carbocycles. The van der Waals surface area contributed by atoms with E-state index in [4.69, 9.17) is 11.0 Å². The maximum absolute atomic E-state index is 12.5. The minimum atomic E-state index is -4.35. The highest BCUT2D eigenvalue weighted by Crippen LogP contribution is 2.39.